The fraction of sp³-hybridized carbons (Fsp3) is 0.385. The lowest BCUT2D eigenvalue weighted by molar-refractivity contribution is -0.139. The van der Waals surface area contributed by atoms with Gasteiger partial charge in [-0.05, 0) is 24.6 Å². The fourth-order valence-corrected chi connectivity index (χ4v) is 1.61. The van der Waals surface area contributed by atoms with Crippen LogP contribution in [0.1, 0.15) is 24.8 Å². The summed E-state index contributed by atoms with van der Waals surface area (Å²) in [6.45, 7) is 1.72. The number of hydrazine groups is 1. The second kappa shape index (κ2) is 6.75. The van der Waals surface area contributed by atoms with Crippen molar-refractivity contribution >= 4 is 11.9 Å². The van der Waals surface area contributed by atoms with Crippen LogP contribution >= 0.6 is 0 Å². The van der Waals surface area contributed by atoms with Gasteiger partial charge in [0.15, 0.2) is 0 Å². The molecule has 3 N–H and O–H groups in total. The van der Waals surface area contributed by atoms with Crippen LogP contribution in [-0.4, -0.2) is 35.6 Å². The highest BCUT2D eigenvalue weighted by Crippen LogP contribution is 2.20. The van der Waals surface area contributed by atoms with Gasteiger partial charge in [-0.1, -0.05) is 12.1 Å². The van der Waals surface area contributed by atoms with E-state index in [0.29, 0.717) is 5.75 Å². The first-order chi connectivity index (χ1) is 8.95. The number of nitrogens with zero attached hydrogens (tertiary/aromatic N) is 1. The number of carboxylic acids is 1. The summed E-state index contributed by atoms with van der Waals surface area (Å²) >= 11 is 0. The van der Waals surface area contributed by atoms with Crippen LogP contribution in [0, 0.1) is 0 Å². The lowest BCUT2D eigenvalue weighted by Gasteiger charge is -2.20. The van der Waals surface area contributed by atoms with Crippen LogP contribution in [-0.2, 0) is 9.59 Å². The van der Waals surface area contributed by atoms with Crippen LogP contribution in [0.5, 0.6) is 5.75 Å². The second-order valence-electron chi connectivity index (χ2n) is 4.17. The Hall–Kier alpha value is -2.08. The summed E-state index contributed by atoms with van der Waals surface area (Å²) < 4.78 is 5.04. The van der Waals surface area contributed by atoms with Crippen molar-refractivity contribution in [2.24, 2.45) is 5.84 Å². The van der Waals surface area contributed by atoms with Crippen molar-refractivity contribution in [3.8, 4) is 5.75 Å². The van der Waals surface area contributed by atoms with Crippen molar-refractivity contribution in [2.75, 3.05) is 13.7 Å². The Labute approximate surface area is 111 Å². The molecule has 0 radical (unpaired) electrons. The molecule has 0 saturated carbocycles. The first-order valence-corrected chi connectivity index (χ1v) is 5.87. The maximum atomic E-state index is 12.0. The van der Waals surface area contributed by atoms with E-state index in [1.807, 2.05) is 0 Å². The van der Waals surface area contributed by atoms with E-state index in [1.54, 1.807) is 38.3 Å². The van der Waals surface area contributed by atoms with Gasteiger partial charge in [0.05, 0.1) is 19.4 Å². The minimum Gasteiger partial charge on any atom is -0.497 e. The Kier molecular flexibility index (Phi) is 5.32. The van der Waals surface area contributed by atoms with Gasteiger partial charge in [0.25, 0.3) is 0 Å². The standard InChI is InChI=1S/C13H18N2O4/c1-9(10-3-5-11(19-2)6-4-10)13(18)15(14)8-7-12(16)17/h3-6,9H,7-8,14H2,1-2H3,(H,16,17). The molecule has 1 rings (SSSR count). The number of nitrogens with two attached hydrogens (primary N) is 1. The Morgan fingerprint density at radius 2 is 1.95 bits per heavy atom. The number of carbonyl (C=O) groups is 2. The number of methoxy groups -OCH3 is 1. The predicted octanol–water partition coefficient (Wildman–Crippen LogP) is 0.976. The van der Waals surface area contributed by atoms with Crippen molar-refractivity contribution in [3.63, 3.8) is 0 Å². The van der Waals surface area contributed by atoms with E-state index in [1.165, 1.54) is 0 Å². The Morgan fingerprint density at radius 1 is 1.37 bits per heavy atom. The average Bonchev–Trinajstić information content (AvgIpc) is 2.43. The molecule has 0 aromatic heterocycles. The third kappa shape index (κ3) is 4.26. The zero-order valence-electron chi connectivity index (χ0n) is 11.0. The molecule has 1 unspecified atom stereocenters. The normalized spacial score (nSPS) is 11.7. The molecule has 0 aliphatic carbocycles. The van der Waals surface area contributed by atoms with E-state index < -0.39 is 11.9 Å². The molecule has 19 heavy (non-hydrogen) atoms. The number of rotatable bonds is 6. The molecule has 0 saturated heterocycles. The van der Waals surface area contributed by atoms with Gasteiger partial charge >= 0.3 is 5.97 Å². The molecule has 6 heteroatoms. The molecular formula is C13H18N2O4. The van der Waals surface area contributed by atoms with Crippen molar-refractivity contribution in [1.29, 1.82) is 0 Å². The molecule has 0 bridgehead atoms. The molecular weight excluding hydrogens is 248 g/mol. The number of aliphatic carboxylic acids is 1. The Bertz CT molecular complexity index is 444. The molecule has 0 fully saturated rings. The second-order valence-corrected chi connectivity index (χ2v) is 4.17. The topological polar surface area (TPSA) is 92.9 Å². The largest absolute Gasteiger partial charge is 0.497 e. The average molecular weight is 266 g/mol. The Morgan fingerprint density at radius 3 is 2.42 bits per heavy atom. The van der Waals surface area contributed by atoms with E-state index in [9.17, 15) is 9.59 Å². The minimum absolute atomic E-state index is 0.00530. The summed E-state index contributed by atoms with van der Waals surface area (Å²) in [5.74, 6) is 4.54. The Balaban J connectivity index is 2.66. The van der Waals surface area contributed by atoms with Gasteiger partial charge in [-0.25, -0.2) is 5.84 Å². The molecule has 0 aliphatic rings. The van der Waals surface area contributed by atoms with Crippen molar-refractivity contribution in [1.82, 2.24) is 5.01 Å². The summed E-state index contributed by atoms with van der Waals surface area (Å²) in [7, 11) is 1.57. The van der Waals surface area contributed by atoms with E-state index in [-0.39, 0.29) is 18.9 Å². The van der Waals surface area contributed by atoms with Crippen LogP contribution in [0.25, 0.3) is 0 Å². The fourth-order valence-electron chi connectivity index (χ4n) is 1.61. The molecule has 6 nitrogen and oxygen atoms in total. The molecule has 1 aromatic rings. The van der Waals surface area contributed by atoms with Crippen LogP contribution in [0.3, 0.4) is 0 Å². The quantitative estimate of drug-likeness (QED) is 0.455. The van der Waals surface area contributed by atoms with Crippen molar-refractivity contribution < 1.29 is 19.4 Å². The summed E-state index contributed by atoms with van der Waals surface area (Å²) in [6.07, 6.45) is -0.169. The van der Waals surface area contributed by atoms with Crippen LogP contribution < -0.4 is 10.6 Å². The minimum atomic E-state index is -0.986. The molecule has 1 atom stereocenters. The number of amides is 1. The zero-order valence-corrected chi connectivity index (χ0v) is 11.0. The van der Waals surface area contributed by atoms with Gasteiger partial charge in [-0.15, -0.1) is 0 Å². The number of benzene rings is 1. The summed E-state index contributed by atoms with van der Waals surface area (Å²) in [4.78, 5) is 22.4. The van der Waals surface area contributed by atoms with E-state index in [4.69, 9.17) is 15.7 Å². The van der Waals surface area contributed by atoms with Crippen LogP contribution in [0.15, 0.2) is 24.3 Å². The van der Waals surface area contributed by atoms with Gasteiger partial charge in [0, 0.05) is 6.54 Å². The molecule has 1 amide bonds. The van der Waals surface area contributed by atoms with Gasteiger partial charge < -0.3 is 9.84 Å². The van der Waals surface area contributed by atoms with Crippen molar-refractivity contribution in [3.05, 3.63) is 29.8 Å². The number of hydrogen-bond donors (Lipinski definition) is 2. The van der Waals surface area contributed by atoms with Crippen LogP contribution in [0.2, 0.25) is 0 Å². The number of carbonyl (C=O) groups excluding carboxylic acids is 1. The number of hydrogen-bond acceptors (Lipinski definition) is 4. The van der Waals surface area contributed by atoms with E-state index >= 15 is 0 Å². The monoisotopic (exact) mass is 266 g/mol. The molecule has 0 heterocycles. The lowest BCUT2D eigenvalue weighted by atomic mass is 10.00. The third-order valence-electron chi connectivity index (χ3n) is 2.84. The summed E-state index contributed by atoms with van der Waals surface area (Å²) in [6, 6.07) is 7.09. The highest BCUT2D eigenvalue weighted by molar-refractivity contribution is 5.83. The molecule has 0 spiro atoms. The molecule has 0 aliphatic heterocycles. The maximum absolute atomic E-state index is 12.0. The molecule has 1 aromatic carbocycles. The summed E-state index contributed by atoms with van der Waals surface area (Å²) in [5.41, 5.74) is 0.802. The summed E-state index contributed by atoms with van der Waals surface area (Å²) in [5, 5.41) is 9.50. The van der Waals surface area contributed by atoms with Crippen LogP contribution in [0.4, 0.5) is 0 Å². The first-order valence-electron chi connectivity index (χ1n) is 5.87. The number of ether oxygens (including phenoxy) is 1. The van der Waals surface area contributed by atoms with E-state index in [0.717, 1.165) is 10.6 Å². The van der Waals surface area contributed by atoms with E-state index in [2.05, 4.69) is 0 Å². The maximum Gasteiger partial charge on any atom is 0.305 e. The highest BCUT2D eigenvalue weighted by Gasteiger charge is 2.20. The van der Waals surface area contributed by atoms with Gasteiger partial charge in [-0.3, -0.25) is 14.6 Å². The predicted molar refractivity (Wildman–Crippen MR) is 69.6 cm³/mol. The third-order valence-corrected chi connectivity index (χ3v) is 2.84. The molecule has 104 valence electrons. The van der Waals surface area contributed by atoms with Gasteiger partial charge in [-0.2, -0.15) is 0 Å². The van der Waals surface area contributed by atoms with Gasteiger partial charge in [0.2, 0.25) is 5.91 Å². The van der Waals surface area contributed by atoms with Gasteiger partial charge in [0.1, 0.15) is 5.75 Å². The first kappa shape index (κ1) is 15.0. The highest BCUT2D eigenvalue weighted by atomic mass is 16.5. The smallest absolute Gasteiger partial charge is 0.305 e. The zero-order chi connectivity index (χ0) is 14.4. The lowest BCUT2D eigenvalue weighted by Crippen LogP contribution is -2.41. The number of carboxylic acid groups (broad SMARTS) is 1. The van der Waals surface area contributed by atoms with Crippen molar-refractivity contribution in [2.45, 2.75) is 19.3 Å². The SMILES string of the molecule is COc1ccc(C(C)C(=O)N(N)CCC(=O)O)cc1.